The molecule has 66 valence electrons. The predicted molar refractivity (Wildman–Crippen MR) is 52.7 cm³/mol. The molecule has 11 heavy (non-hydrogen) atoms. The molecule has 0 aliphatic carbocycles. The minimum absolute atomic E-state index is 0.382. The van der Waals surface area contributed by atoms with Crippen molar-refractivity contribution < 1.29 is 4.79 Å². The molecule has 0 aliphatic heterocycles. The Labute approximate surface area is 71.2 Å². The molecule has 1 nitrogen and oxygen atoms in total. The highest BCUT2D eigenvalue weighted by molar-refractivity contribution is 6.80. The third-order valence-electron chi connectivity index (χ3n) is 2.11. The highest BCUT2D eigenvalue weighted by atomic mass is 28.3. The fraction of sp³-hybridized carbons (Fsp3) is 0.889. The number of hydrogen-bond acceptors (Lipinski definition) is 1. The molecule has 0 aliphatic rings. The molecule has 0 rings (SSSR count). The summed E-state index contributed by atoms with van der Waals surface area (Å²) in [6.07, 6.45) is 2.22. The van der Waals surface area contributed by atoms with Gasteiger partial charge in [0, 0.05) is 5.54 Å². The minimum atomic E-state index is -1.22. The maximum atomic E-state index is 11.2. The summed E-state index contributed by atoms with van der Waals surface area (Å²) in [5.74, 6) is 0.394. The number of hydrogen-bond donors (Lipinski definition) is 0. The summed E-state index contributed by atoms with van der Waals surface area (Å²) in [5.41, 5.74) is 0.382. The Morgan fingerprint density at radius 1 is 1.36 bits per heavy atom. The van der Waals surface area contributed by atoms with Gasteiger partial charge in [-0.1, -0.05) is 33.0 Å². The molecule has 1 unspecified atom stereocenters. The van der Waals surface area contributed by atoms with Gasteiger partial charge in [-0.05, 0) is 13.3 Å². The monoisotopic (exact) mass is 172 g/mol. The van der Waals surface area contributed by atoms with E-state index in [0.29, 0.717) is 11.3 Å². The number of rotatable bonds is 4. The Balaban J connectivity index is 4.22. The van der Waals surface area contributed by atoms with E-state index in [2.05, 4.69) is 26.6 Å². The lowest BCUT2D eigenvalue weighted by molar-refractivity contribution is -0.117. The van der Waals surface area contributed by atoms with Crippen LogP contribution in [0.2, 0.25) is 25.2 Å². The lowest BCUT2D eigenvalue weighted by atomic mass is 10.2. The first-order valence-electron chi connectivity index (χ1n) is 4.40. The molecule has 0 radical (unpaired) electrons. The standard InChI is InChI=1S/C9H20OSi/c1-6-7-9(8(2)10)11(3,4)5/h9H,6-7H2,1-5H3. The summed E-state index contributed by atoms with van der Waals surface area (Å²) in [6, 6.07) is 0. The highest BCUT2D eigenvalue weighted by Crippen LogP contribution is 2.27. The van der Waals surface area contributed by atoms with E-state index >= 15 is 0 Å². The van der Waals surface area contributed by atoms with Crippen LogP contribution in [0.5, 0.6) is 0 Å². The molecule has 2 heteroatoms. The molecule has 0 bridgehead atoms. The Bertz CT molecular complexity index is 135. The average Bonchev–Trinajstić information content (AvgIpc) is 1.79. The third-order valence-corrected chi connectivity index (χ3v) is 4.90. The van der Waals surface area contributed by atoms with Crippen molar-refractivity contribution in [1.29, 1.82) is 0 Å². The van der Waals surface area contributed by atoms with Crippen molar-refractivity contribution in [2.24, 2.45) is 0 Å². The molecule has 0 aromatic carbocycles. The van der Waals surface area contributed by atoms with Gasteiger partial charge in [0.2, 0.25) is 0 Å². The largest absolute Gasteiger partial charge is 0.300 e. The second kappa shape index (κ2) is 4.05. The fourth-order valence-electron chi connectivity index (χ4n) is 1.53. The molecule has 0 aromatic heterocycles. The molecule has 0 amide bonds. The Hall–Kier alpha value is -0.113. The van der Waals surface area contributed by atoms with E-state index < -0.39 is 8.07 Å². The molecular formula is C9H20OSi. The lowest BCUT2D eigenvalue weighted by Crippen LogP contribution is -2.32. The summed E-state index contributed by atoms with van der Waals surface area (Å²) in [5, 5.41) is 0. The topological polar surface area (TPSA) is 17.1 Å². The van der Waals surface area contributed by atoms with E-state index in [9.17, 15) is 4.79 Å². The van der Waals surface area contributed by atoms with E-state index in [0.717, 1.165) is 12.8 Å². The van der Waals surface area contributed by atoms with Crippen molar-refractivity contribution in [2.45, 2.75) is 51.9 Å². The van der Waals surface area contributed by atoms with Crippen LogP contribution in [-0.2, 0) is 4.79 Å². The van der Waals surface area contributed by atoms with Crippen LogP contribution in [0.1, 0.15) is 26.7 Å². The van der Waals surface area contributed by atoms with Crippen LogP contribution < -0.4 is 0 Å². The first-order valence-corrected chi connectivity index (χ1v) is 7.97. The van der Waals surface area contributed by atoms with Crippen molar-refractivity contribution in [3.63, 3.8) is 0 Å². The van der Waals surface area contributed by atoms with Gasteiger partial charge in [-0.15, -0.1) is 0 Å². The van der Waals surface area contributed by atoms with Crippen molar-refractivity contribution >= 4 is 13.9 Å². The zero-order chi connectivity index (χ0) is 9.07. The first kappa shape index (κ1) is 10.9. The van der Waals surface area contributed by atoms with Crippen LogP contribution >= 0.6 is 0 Å². The minimum Gasteiger partial charge on any atom is -0.300 e. The molecular weight excluding hydrogens is 152 g/mol. The second-order valence-electron chi connectivity index (χ2n) is 4.32. The van der Waals surface area contributed by atoms with Gasteiger partial charge in [0.1, 0.15) is 5.78 Å². The van der Waals surface area contributed by atoms with E-state index in [1.165, 1.54) is 0 Å². The van der Waals surface area contributed by atoms with E-state index in [4.69, 9.17) is 0 Å². The Morgan fingerprint density at radius 2 is 1.82 bits per heavy atom. The zero-order valence-electron chi connectivity index (χ0n) is 8.40. The number of Topliss-reactive ketones (excluding diaryl/α,β-unsaturated/α-hetero) is 1. The van der Waals surface area contributed by atoms with Crippen LogP contribution in [-0.4, -0.2) is 13.9 Å². The molecule has 0 aromatic rings. The van der Waals surface area contributed by atoms with Gasteiger partial charge in [-0.3, -0.25) is 0 Å². The summed E-state index contributed by atoms with van der Waals surface area (Å²) >= 11 is 0. The Morgan fingerprint density at radius 3 is 1.91 bits per heavy atom. The summed E-state index contributed by atoms with van der Waals surface area (Å²) in [7, 11) is -1.22. The second-order valence-corrected chi connectivity index (χ2v) is 9.75. The SMILES string of the molecule is CCCC(C(C)=O)[Si](C)(C)C. The zero-order valence-corrected chi connectivity index (χ0v) is 9.40. The molecule has 0 fully saturated rings. The number of ketones is 1. The number of carbonyl (C=O) groups is 1. The molecule has 0 heterocycles. The van der Waals surface area contributed by atoms with Gasteiger partial charge in [0.15, 0.2) is 0 Å². The van der Waals surface area contributed by atoms with Crippen molar-refractivity contribution in [3.8, 4) is 0 Å². The van der Waals surface area contributed by atoms with Crippen LogP contribution in [0.25, 0.3) is 0 Å². The third kappa shape index (κ3) is 3.70. The fourth-order valence-corrected chi connectivity index (χ4v) is 3.91. The van der Waals surface area contributed by atoms with E-state index in [1.54, 1.807) is 6.92 Å². The summed E-state index contributed by atoms with van der Waals surface area (Å²) in [4.78, 5) is 11.2. The lowest BCUT2D eigenvalue weighted by Gasteiger charge is -2.25. The maximum Gasteiger partial charge on any atom is 0.130 e. The maximum absolute atomic E-state index is 11.2. The molecule has 0 spiro atoms. The van der Waals surface area contributed by atoms with Gasteiger partial charge in [-0.25, -0.2) is 0 Å². The smallest absolute Gasteiger partial charge is 0.130 e. The average molecular weight is 172 g/mol. The molecule has 0 saturated carbocycles. The van der Waals surface area contributed by atoms with E-state index in [1.807, 2.05) is 0 Å². The molecule has 0 N–H and O–H groups in total. The Kier molecular flexibility index (Phi) is 4.01. The van der Waals surface area contributed by atoms with Crippen LogP contribution in [0, 0.1) is 0 Å². The molecule has 1 atom stereocenters. The quantitative estimate of drug-likeness (QED) is 0.596. The van der Waals surface area contributed by atoms with Gasteiger partial charge in [0.05, 0.1) is 8.07 Å². The van der Waals surface area contributed by atoms with Gasteiger partial charge >= 0.3 is 0 Å². The van der Waals surface area contributed by atoms with Crippen LogP contribution in [0.4, 0.5) is 0 Å². The van der Waals surface area contributed by atoms with E-state index in [-0.39, 0.29) is 0 Å². The predicted octanol–water partition coefficient (Wildman–Crippen LogP) is 3.08. The van der Waals surface area contributed by atoms with Crippen molar-refractivity contribution in [1.82, 2.24) is 0 Å². The van der Waals surface area contributed by atoms with Gasteiger partial charge < -0.3 is 4.79 Å². The van der Waals surface area contributed by atoms with Crippen molar-refractivity contribution in [2.75, 3.05) is 0 Å². The normalized spacial score (nSPS) is 14.6. The molecule has 0 saturated heterocycles. The highest BCUT2D eigenvalue weighted by Gasteiger charge is 2.29. The summed E-state index contributed by atoms with van der Waals surface area (Å²) in [6.45, 7) is 10.7. The van der Waals surface area contributed by atoms with Crippen LogP contribution in [0.15, 0.2) is 0 Å². The van der Waals surface area contributed by atoms with Crippen molar-refractivity contribution in [3.05, 3.63) is 0 Å². The number of carbonyl (C=O) groups excluding carboxylic acids is 1. The van der Waals surface area contributed by atoms with Gasteiger partial charge in [0.25, 0.3) is 0 Å². The summed E-state index contributed by atoms with van der Waals surface area (Å²) < 4.78 is 0. The first-order chi connectivity index (χ1) is 4.89. The van der Waals surface area contributed by atoms with Gasteiger partial charge in [-0.2, -0.15) is 0 Å². The van der Waals surface area contributed by atoms with Crippen LogP contribution in [0.3, 0.4) is 0 Å².